The quantitative estimate of drug-likeness (QED) is 0.689. The minimum absolute atomic E-state index is 0.00807. The molecule has 1 atom stereocenters. The van der Waals surface area contributed by atoms with Gasteiger partial charge in [0.1, 0.15) is 13.2 Å². The van der Waals surface area contributed by atoms with Crippen LogP contribution in [0.1, 0.15) is 24.1 Å². The highest BCUT2D eigenvalue weighted by Gasteiger charge is 2.36. The number of aliphatic hydroxyl groups excluding tert-OH is 1. The molecule has 0 fully saturated rings. The van der Waals surface area contributed by atoms with Gasteiger partial charge in [-0.05, 0) is 18.6 Å². The Hall–Kier alpha value is -1.97. The van der Waals surface area contributed by atoms with Crippen molar-refractivity contribution in [3.8, 4) is 0 Å². The van der Waals surface area contributed by atoms with E-state index in [1.807, 2.05) is 0 Å². The maximum Gasteiger partial charge on any atom is 0.406 e. The van der Waals surface area contributed by atoms with Gasteiger partial charge in [-0.25, -0.2) is 0 Å². The lowest BCUT2D eigenvalue weighted by Gasteiger charge is -2.15. The van der Waals surface area contributed by atoms with Crippen molar-refractivity contribution in [2.24, 2.45) is 0 Å². The molecule has 11 heteroatoms. The molecule has 6 nitrogen and oxygen atoms in total. The van der Waals surface area contributed by atoms with E-state index in [1.54, 1.807) is 6.92 Å². The molecule has 28 heavy (non-hydrogen) atoms. The van der Waals surface area contributed by atoms with E-state index in [0.29, 0.717) is 11.3 Å². The summed E-state index contributed by atoms with van der Waals surface area (Å²) >= 11 is 12.4. The number of amides is 2. The molecule has 0 bridgehead atoms. The molecule has 2 amide bonds. The average molecular weight is 438 g/mol. The number of hydrogen-bond acceptors (Lipinski definition) is 3. The topological polar surface area (TPSA) is 83.4 Å². The summed E-state index contributed by atoms with van der Waals surface area (Å²) in [7, 11) is 0. The lowest BCUT2D eigenvalue weighted by molar-refractivity contribution is -0.140. The Kier molecular flexibility index (Phi) is 5.53. The maximum absolute atomic E-state index is 13.3. The third-order valence-electron chi connectivity index (χ3n) is 4.61. The van der Waals surface area contributed by atoms with Crippen LogP contribution < -0.4 is 10.6 Å². The smallest absolute Gasteiger partial charge is 0.387 e. The molecule has 0 radical (unpaired) electrons. The van der Waals surface area contributed by atoms with Gasteiger partial charge in [0.25, 0.3) is 0 Å². The normalized spacial score (nSPS) is 17.2. The highest BCUT2D eigenvalue weighted by molar-refractivity contribution is 6.46. The third kappa shape index (κ3) is 3.66. The van der Waals surface area contributed by atoms with Crippen LogP contribution >= 0.6 is 23.2 Å². The molecule has 0 spiro atoms. The number of aliphatic hydroxyl groups is 1. The zero-order valence-corrected chi connectivity index (χ0v) is 16.1. The third-order valence-corrected chi connectivity index (χ3v) is 5.39. The van der Waals surface area contributed by atoms with Crippen LogP contribution in [-0.2, 0) is 22.6 Å². The van der Waals surface area contributed by atoms with Crippen molar-refractivity contribution in [2.45, 2.75) is 32.0 Å². The summed E-state index contributed by atoms with van der Waals surface area (Å²) in [6.07, 6.45) is -4.40. The second-order valence-electron chi connectivity index (χ2n) is 6.47. The predicted molar refractivity (Wildman–Crippen MR) is 98.9 cm³/mol. The molecular weight excluding hydrogens is 422 g/mol. The number of benzene rings is 1. The van der Waals surface area contributed by atoms with Crippen molar-refractivity contribution in [3.63, 3.8) is 0 Å². The van der Waals surface area contributed by atoms with Gasteiger partial charge in [0.2, 0.25) is 11.8 Å². The Morgan fingerprint density at radius 1 is 1.43 bits per heavy atom. The van der Waals surface area contributed by atoms with Crippen molar-refractivity contribution in [1.29, 1.82) is 0 Å². The number of fused-ring (bicyclic) bond motifs is 3. The molecular formula is C17H16Cl2F3N3O3. The van der Waals surface area contributed by atoms with E-state index in [1.165, 1.54) is 6.07 Å². The molecule has 0 aliphatic carbocycles. The summed E-state index contributed by atoms with van der Waals surface area (Å²) in [5.41, 5.74) is 0.719. The van der Waals surface area contributed by atoms with Crippen molar-refractivity contribution in [2.75, 3.05) is 18.5 Å². The first-order valence-corrected chi connectivity index (χ1v) is 9.09. The maximum atomic E-state index is 13.3. The van der Waals surface area contributed by atoms with Crippen LogP contribution in [0.3, 0.4) is 0 Å². The van der Waals surface area contributed by atoms with Crippen LogP contribution in [0.2, 0.25) is 10.0 Å². The van der Waals surface area contributed by atoms with E-state index in [2.05, 4.69) is 10.6 Å². The Labute approximate surface area is 167 Å². The largest absolute Gasteiger partial charge is 0.406 e. The Bertz CT molecular complexity index is 972. The van der Waals surface area contributed by atoms with E-state index in [4.69, 9.17) is 28.3 Å². The van der Waals surface area contributed by atoms with Gasteiger partial charge in [-0.3, -0.25) is 9.59 Å². The van der Waals surface area contributed by atoms with Gasteiger partial charge in [0.05, 0.1) is 27.2 Å². The Morgan fingerprint density at radius 3 is 2.71 bits per heavy atom. The summed E-state index contributed by atoms with van der Waals surface area (Å²) in [5.74, 6) is -1.91. The van der Waals surface area contributed by atoms with Gasteiger partial charge in [-0.15, -0.1) is 0 Å². The average Bonchev–Trinajstić information content (AvgIpc) is 2.83. The van der Waals surface area contributed by atoms with Crippen LogP contribution in [0.5, 0.6) is 0 Å². The molecule has 1 aliphatic rings. The minimum atomic E-state index is -4.55. The predicted octanol–water partition coefficient (Wildman–Crippen LogP) is 3.22. The molecule has 152 valence electrons. The molecule has 0 saturated heterocycles. The van der Waals surface area contributed by atoms with Crippen molar-refractivity contribution in [1.82, 2.24) is 9.88 Å². The number of rotatable bonds is 3. The number of nitrogens with one attached hydrogen (secondary N) is 2. The van der Waals surface area contributed by atoms with Gasteiger partial charge < -0.3 is 20.3 Å². The Balaban J connectivity index is 2.43. The zero-order chi connectivity index (χ0) is 20.8. The molecule has 3 N–H and O–H groups in total. The SMILES string of the molecule is C[C@H]1C(=O)NCCc2c1c1c(NC(=O)CO)cc(Cl)c(Cl)c1n2CC(F)(F)F. The van der Waals surface area contributed by atoms with E-state index in [0.717, 1.165) is 4.57 Å². The second-order valence-corrected chi connectivity index (χ2v) is 7.26. The summed E-state index contributed by atoms with van der Waals surface area (Å²) < 4.78 is 40.9. The first-order valence-electron chi connectivity index (χ1n) is 8.33. The van der Waals surface area contributed by atoms with Crippen LogP contribution in [0.15, 0.2) is 6.07 Å². The van der Waals surface area contributed by atoms with Crippen molar-refractivity contribution < 1.29 is 27.9 Å². The van der Waals surface area contributed by atoms with Crippen molar-refractivity contribution in [3.05, 3.63) is 27.4 Å². The zero-order valence-electron chi connectivity index (χ0n) is 14.6. The number of carbonyl (C=O) groups is 2. The number of nitrogens with zero attached hydrogens (tertiary/aromatic N) is 1. The first-order chi connectivity index (χ1) is 13.0. The Morgan fingerprint density at radius 2 is 2.11 bits per heavy atom. The van der Waals surface area contributed by atoms with Gasteiger partial charge in [0, 0.05) is 24.0 Å². The molecule has 1 aromatic heterocycles. The van der Waals surface area contributed by atoms with Gasteiger partial charge in [0.15, 0.2) is 0 Å². The number of anilines is 1. The minimum Gasteiger partial charge on any atom is -0.387 e. The highest BCUT2D eigenvalue weighted by atomic mass is 35.5. The number of halogens is 5. The van der Waals surface area contributed by atoms with Crippen LogP contribution in [0, 0.1) is 0 Å². The standard InChI is InChI=1S/C17H16Cl2F3N3O3/c1-7-12-10(2-3-23-16(7)28)25(6-17(20,21)22)15-13(12)9(24-11(27)5-26)4-8(18)14(15)19/h4,7,26H,2-3,5-6H2,1H3,(H,23,28)(H,24,27)/t7-/m1/s1. The monoisotopic (exact) mass is 437 g/mol. The van der Waals surface area contributed by atoms with E-state index < -0.39 is 31.2 Å². The van der Waals surface area contributed by atoms with Gasteiger partial charge in [-0.1, -0.05) is 23.2 Å². The van der Waals surface area contributed by atoms with E-state index in [9.17, 15) is 22.8 Å². The summed E-state index contributed by atoms with van der Waals surface area (Å²) in [6.45, 7) is -0.429. The molecule has 1 aliphatic heterocycles. The lowest BCUT2D eigenvalue weighted by atomic mass is 9.96. The number of alkyl halides is 3. The highest BCUT2D eigenvalue weighted by Crippen LogP contribution is 2.45. The molecule has 2 aromatic rings. The number of hydrogen-bond donors (Lipinski definition) is 3. The number of aromatic nitrogens is 1. The fourth-order valence-electron chi connectivity index (χ4n) is 3.53. The van der Waals surface area contributed by atoms with Gasteiger partial charge >= 0.3 is 6.18 Å². The fraction of sp³-hybridized carbons (Fsp3) is 0.412. The van der Waals surface area contributed by atoms with Gasteiger partial charge in [-0.2, -0.15) is 13.2 Å². The molecule has 1 aromatic carbocycles. The summed E-state index contributed by atoms with van der Waals surface area (Å²) in [5, 5.41) is 14.2. The number of carbonyl (C=O) groups excluding carboxylic acids is 2. The van der Waals surface area contributed by atoms with E-state index in [-0.39, 0.29) is 45.5 Å². The van der Waals surface area contributed by atoms with Crippen LogP contribution in [-0.4, -0.2) is 40.8 Å². The van der Waals surface area contributed by atoms with Crippen LogP contribution in [0.25, 0.3) is 10.9 Å². The summed E-state index contributed by atoms with van der Waals surface area (Å²) in [4.78, 5) is 24.1. The fourth-order valence-corrected chi connectivity index (χ4v) is 3.98. The summed E-state index contributed by atoms with van der Waals surface area (Å²) in [6, 6.07) is 1.30. The lowest BCUT2D eigenvalue weighted by Crippen LogP contribution is -2.27. The van der Waals surface area contributed by atoms with Crippen molar-refractivity contribution >= 4 is 51.6 Å². The molecule has 3 rings (SSSR count). The first kappa shape index (κ1) is 20.8. The molecule has 0 saturated carbocycles. The van der Waals surface area contributed by atoms with E-state index >= 15 is 0 Å². The second kappa shape index (κ2) is 7.46. The van der Waals surface area contributed by atoms with Crippen LogP contribution in [0.4, 0.5) is 18.9 Å². The molecule has 0 unspecified atom stereocenters. The molecule has 2 heterocycles.